The van der Waals surface area contributed by atoms with E-state index in [2.05, 4.69) is 71.9 Å². The number of hydrogen-bond acceptors (Lipinski definition) is 0. The Morgan fingerprint density at radius 2 is 1.56 bits per heavy atom. The molecular formula is C17H25P. The zero-order valence-corrected chi connectivity index (χ0v) is 13.4. The van der Waals surface area contributed by atoms with Crippen LogP contribution >= 0.6 is 7.92 Å². The van der Waals surface area contributed by atoms with Crippen LogP contribution in [-0.4, -0.2) is 10.3 Å². The molecule has 1 aromatic rings. The highest BCUT2D eigenvalue weighted by molar-refractivity contribution is 7.68. The Labute approximate surface area is 113 Å². The summed E-state index contributed by atoms with van der Waals surface area (Å²) in [5.74, 6) is 0. The molecule has 0 N–H and O–H groups in total. The molecule has 1 heteroatoms. The van der Waals surface area contributed by atoms with Crippen molar-refractivity contribution in [1.29, 1.82) is 0 Å². The van der Waals surface area contributed by atoms with Crippen molar-refractivity contribution >= 4 is 19.3 Å². The van der Waals surface area contributed by atoms with Gasteiger partial charge in [0.15, 0.2) is 0 Å². The molecule has 2 rings (SSSR count). The van der Waals surface area contributed by atoms with Crippen LogP contribution in [0.25, 0.3) is 6.08 Å². The highest BCUT2D eigenvalue weighted by Crippen LogP contribution is 2.59. The molecule has 1 aromatic carbocycles. The molecule has 0 bridgehead atoms. The van der Waals surface area contributed by atoms with E-state index in [-0.39, 0.29) is 7.92 Å². The van der Waals surface area contributed by atoms with E-state index in [1.807, 2.05) is 0 Å². The molecule has 98 valence electrons. The average molecular weight is 260 g/mol. The lowest BCUT2D eigenvalue weighted by atomic mass is 10.1. The van der Waals surface area contributed by atoms with Crippen molar-refractivity contribution in [3.63, 3.8) is 0 Å². The molecule has 1 aliphatic carbocycles. The Bertz CT molecular complexity index is 455. The maximum Gasteiger partial charge on any atom is -0.00879 e. The maximum absolute atomic E-state index is 2.39. The molecule has 0 unspecified atom stereocenters. The normalized spacial score (nSPS) is 15.3. The second-order valence-corrected chi connectivity index (χ2v) is 11.0. The molecule has 1 aliphatic rings. The van der Waals surface area contributed by atoms with Crippen LogP contribution in [0.2, 0.25) is 0 Å². The van der Waals surface area contributed by atoms with Crippen LogP contribution in [0.4, 0.5) is 0 Å². The van der Waals surface area contributed by atoms with Crippen LogP contribution in [0.1, 0.15) is 52.7 Å². The number of benzene rings is 1. The second kappa shape index (κ2) is 4.49. The molecule has 0 nitrogen and oxygen atoms in total. The van der Waals surface area contributed by atoms with Gasteiger partial charge in [0.05, 0.1) is 0 Å². The zero-order valence-electron chi connectivity index (χ0n) is 12.5. The first kappa shape index (κ1) is 13.8. The van der Waals surface area contributed by atoms with Crippen LogP contribution in [0.5, 0.6) is 0 Å². The van der Waals surface area contributed by atoms with Gasteiger partial charge in [-0.1, -0.05) is 79.8 Å². The lowest BCUT2D eigenvalue weighted by molar-refractivity contribution is 0.714. The fourth-order valence-electron chi connectivity index (χ4n) is 3.20. The Kier molecular flexibility index (Phi) is 3.45. The maximum atomic E-state index is 2.39. The van der Waals surface area contributed by atoms with Gasteiger partial charge in [-0.15, -0.1) is 0 Å². The Morgan fingerprint density at radius 1 is 0.944 bits per heavy atom. The van der Waals surface area contributed by atoms with Gasteiger partial charge in [-0.2, -0.15) is 0 Å². The molecule has 0 atom stereocenters. The summed E-state index contributed by atoms with van der Waals surface area (Å²) in [7, 11) is -0.192. The Morgan fingerprint density at radius 3 is 2.11 bits per heavy atom. The number of allylic oxidation sites excluding steroid dienone is 1. The van der Waals surface area contributed by atoms with Crippen LogP contribution in [0, 0.1) is 0 Å². The van der Waals surface area contributed by atoms with Gasteiger partial charge in [0.2, 0.25) is 0 Å². The van der Waals surface area contributed by atoms with Crippen molar-refractivity contribution in [2.24, 2.45) is 0 Å². The van der Waals surface area contributed by atoms with Gasteiger partial charge in [-0.25, -0.2) is 0 Å². The van der Waals surface area contributed by atoms with Crippen molar-refractivity contribution in [3.05, 3.63) is 35.4 Å². The molecule has 0 aromatic heterocycles. The molecule has 0 saturated carbocycles. The summed E-state index contributed by atoms with van der Waals surface area (Å²) in [6.07, 6.45) is 5.74. The Hall–Kier alpha value is -0.610. The summed E-state index contributed by atoms with van der Waals surface area (Å²) in [5.41, 5.74) is 3.02. The standard InChI is InChI=1S/C17H25P/c1-16(2,3)18(17(4,5)6)15-12-8-10-13-9-7-11-14(13)15/h7-8,10-12H,9H2,1-6H3. The van der Waals surface area contributed by atoms with Gasteiger partial charge >= 0.3 is 0 Å². The predicted octanol–water partition coefficient (Wildman–Crippen LogP) is 4.96. The van der Waals surface area contributed by atoms with Crippen LogP contribution in [0.15, 0.2) is 24.3 Å². The van der Waals surface area contributed by atoms with E-state index in [1.54, 1.807) is 5.30 Å². The third kappa shape index (κ3) is 2.54. The Balaban J connectivity index is 2.58. The van der Waals surface area contributed by atoms with Crippen molar-refractivity contribution < 1.29 is 0 Å². The minimum Gasteiger partial charge on any atom is -0.0795 e. The monoisotopic (exact) mass is 260 g/mol. The summed E-state index contributed by atoms with van der Waals surface area (Å²) in [6, 6.07) is 6.88. The number of fused-ring (bicyclic) bond motifs is 1. The average Bonchev–Trinajstić information content (AvgIpc) is 2.61. The van der Waals surface area contributed by atoms with Crippen molar-refractivity contribution in [3.8, 4) is 0 Å². The van der Waals surface area contributed by atoms with E-state index >= 15 is 0 Å². The van der Waals surface area contributed by atoms with Crippen LogP contribution < -0.4 is 5.30 Å². The van der Waals surface area contributed by atoms with E-state index in [1.165, 1.54) is 11.1 Å². The van der Waals surface area contributed by atoms with Crippen molar-refractivity contribution in [2.75, 3.05) is 0 Å². The van der Waals surface area contributed by atoms with Gasteiger partial charge in [0.1, 0.15) is 0 Å². The number of hydrogen-bond donors (Lipinski definition) is 0. The third-order valence-electron chi connectivity index (χ3n) is 3.38. The molecule has 0 aliphatic heterocycles. The van der Waals surface area contributed by atoms with E-state index < -0.39 is 0 Å². The SMILES string of the molecule is CC(C)(C)P(c1cccc2c1C=CC2)C(C)(C)C. The first-order valence-electron chi connectivity index (χ1n) is 6.80. The highest BCUT2D eigenvalue weighted by atomic mass is 31.1. The van der Waals surface area contributed by atoms with Gasteiger partial charge in [-0.3, -0.25) is 0 Å². The van der Waals surface area contributed by atoms with E-state index in [9.17, 15) is 0 Å². The fraction of sp³-hybridized carbons (Fsp3) is 0.529. The van der Waals surface area contributed by atoms with Gasteiger partial charge in [-0.05, 0) is 33.2 Å². The minimum atomic E-state index is -0.192. The molecule has 0 saturated heterocycles. The summed E-state index contributed by atoms with van der Waals surface area (Å²) in [5, 5.41) is 2.29. The van der Waals surface area contributed by atoms with E-state index in [4.69, 9.17) is 0 Å². The highest BCUT2D eigenvalue weighted by Gasteiger charge is 2.37. The summed E-state index contributed by atoms with van der Waals surface area (Å²) in [6.45, 7) is 14.3. The van der Waals surface area contributed by atoms with Crippen LogP contribution in [0.3, 0.4) is 0 Å². The summed E-state index contributed by atoms with van der Waals surface area (Å²) >= 11 is 0. The zero-order chi connectivity index (χ0) is 13.6. The first-order valence-corrected chi connectivity index (χ1v) is 8.14. The first-order chi connectivity index (χ1) is 8.21. The smallest absolute Gasteiger partial charge is 0.00879 e. The molecule has 0 spiro atoms. The fourth-order valence-corrected chi connectivity index (χ4v) is 7.35. The molecule has 0 amide bonds. The lowest BCUT2D eigenvalue weighted by Crippen LogP contribution is -2.32. The van der Waals surface area contributed by atoms with Crippen molar-refractivity contribution in [2.45, 2.75) is 58.3 Å². The largest absolute Gasteiger partial charge is 0.0795 e. The number of rotatable bonds is 1. The van der Waals surface area contributed by atoms with Gasteiger partial charge in [0, 0.05) is 0 Å². The van der Waals surface area contributed by atoms with Gasteiger partial charge < -0.3 is 0 Å². The quantitative estimate of drug-likeness (QED) is 0.626. The molecular weight excluding hydrogens is 235 g/mol. The molecule has 18 heavy (non-hydrogen) atoms. The predicted molar refractivity (Wildman–Crippen MR) is 85.2 cm³/mol. The minimum absolute atomic E-state index is 0.192. The van der Waals surface area contributed by atoms with Gasteiger partial charge in [0.25, 0.3) is 0 Å². The third-order valence-corrected chi connectivity index (χ3v) is 6.93. The molecule has 0 heterocycles. The van der Waals surface area contributed by atoms with E-state index in [0.29, 0.717) is 10.3 Å². The lowest BCUT2D eigenvalue weighted by Gasteiger charge is -2.42. The second-order valence-electron chi connectivity index (χ2n) is 7.13. The summed E-state index contributed by atoms with van der Waals surface area (Å²) in [4.78, 5) is 0. The van der Waals surface area contributed by atoms with Crippen LogP contribution in [-0.2, 0) is 6.42 Å². The van der Waals surface area contributed by atoms with Crippen molar-refractivity contribution in [1.82, 2.24) is 0 Å². The molecule has 0 radical (unpaired) electrons. The topological polar surface area (TPSA) is 0 Å². The van der Waals surface area contributed by atoms with E-state index in [0.717, 1.165) is 6.42 Å². The molecule has 0 fully saturated rings. The summed E-state index contributed by atoms with van der Waals surface area (Å²) < 4.78 is 0.